The topological polar surface area (TPSA) is 50.4 Å². The molecule has 0 aromatic heterocycles. The predicted molar refractivity (Wildman–Crippen MR) is 109 cm³/mol. The molecule has 3 aromatic rings. The Kier molecular flexibility index (Phi) is 7.15. The van der Waals surface area contributed by atoms with Crippen molar-refractivity contribution in [3.63, 3.8) is 0 Å². The highest BCUT2D eigenvalue weighted by atomic mass is 19.1. The van der Waals surface area contributed by atoms with Crippen molar-refractivity contribution in [2.24, 2.45) is 0 Å². The van der Waals surface area contributed by atoms with Crippen molar-refractivity contribution in [1.82, 2.24) is 5.32 Å². The van der Waals surface area contributed by atoms with Gasteiger partial charge in [0.05, 0.1) is 6.54 Å². The number of hydrogen-bond donors (Lipinski definition) is 2. The average Bonchev–Trinajstić information content (AvgIpc) is 2.73. The van der Waals surface area contributed by atoms with Crippen molar-refractivity contribution in [3.05, 3.63) is 95.8 Å². The van der Waals surface area contributed by atoms with Gasteiger partial charge in [-0.3, -0.25) is 4.79 Å². The number of nitrogens with one attached hydrogen (secondary N) is 2. The summed E-state index contributed by atoms with van der Waals surface area (Å²) in [7, 11) is 0. The summed E-state index contributed by atoms with van der Waals surface area (Å²) in [6, 6.07) is 23.6. The summed E-state index contributed by atoms with van der Waals surface area (Å²) in [6.45, 7) is 1.36. The Morgan fingerprint density at radius 3 is 2.29 bits per heavy atom. The van der Waals surface area contributed by atoms with E-state index in [1.807, 2.05) is 54.6 Å². The number of ether oxygens (including phenoxy) is 1. The summed E-state index contributed by atoms with van der Waals surface area (Å²) >= 11 is 0. The Bertz CT molecular complexity index is 865. The van der Waals surface area contributed by atoms with Gasteiger partial charge < -0.3 is 15.4 Å². The molecule has 0 atom stereocenters. The lowest BCUT2D eigenvalue weighted by Gasteiger charge is -2.09. The van der Waals surface area contributed by atoms with Crippen molar-refractivity contribution < 1.29 is 13.9 Å². The summed E-state index contributed by atoms with van der Waals surface area (Å²) < 4.78 is 18.6. The zero-order chi connectivity index (χ0) is 19.6. The van der Waals surface area contributed by atoms with Gasteiger partial charge in [0.2, 0.25) is 5.91 Å². The Morgan fingerprint density at radius 1 is 0.857 bits per heavy atom. The van der Waals surface area contributed by atoms with Gasteiger partial charge in [0, 0.05) is 5.69 Å². The molecule has 0 saturated carbocycles. The van der Waals surface area contributed by atoms with Gasteiger partial charge in [0.25, 0.3) is 0 Å². The summed E-state index contributed by atoms with van der Waals surface area (Å²) in [5.41, 5.74) is 2.85. The zero-order valence-electron chi connectivity index (χ0n) is 15.5. The number of hydrogen-bond acceptors (Lipinski definition) is 3. The van der Waals surface area contributed by atoms with Gasteiger partial charge in [-0.15, -0.1) is 0 Å². The molecule has 0 unspecified atom stereocenters. The second-order valence-electron chi connectivity index (χ2n) is 6.40. The molecule has 3 aromatic carbocycles. The number of carbonyl (C=O) groups is 1. The molecule has 1 amide bonds. The van der Waals surface area contributed by atoms with Crippen LogP contribution in [0.15, 0.2) is 78.9 Å². The van der Waals surface area contributed by atoms with E-state index in [0.29, 0.717) is 13.2 Å². The number of rotatable bonds is 9. The van der Waals surface area contributed by atoms with E-state index >= 15 is 0 Å². The molecule has 28 heavy (non-hydrogen) atoms. The van der Waals surface area contributed by atoms with Crippen LogP contribution < -0.4 is 15.4 Å². The number of anilines is 1. The molecular formula is C23H23FN2O2. The van der Waals surface area contributed by atoms with Gasteiger partial charge in [0.1, 0.15) is 18.2 Å². The average molecular weight is 378 g/mol. The largest absolute Gasteiger partial charge is 0.489 e. The minimum Gasteiger partial charge on any atom is -0.489 e. The molecule has 0 aliphatic heterocycles. The predicted octanol–water partition coefficient (Wildman–Crippen LogP) is 4.18. The maximum Gasteiger partial charge on any atom is 0.238 e. The molecule has 4 nitrogen and oxygen atoms in total. The second-order valence-corrected chi connectivity index (χ2v) is 6.40. The fourth-order valence-corrected chi connectivity index (χ4v) is 2.67. The van der Waals surface area contributed by atoms with Crippen molar-refractivity contribution in [2.45, 2.75) is 13.0 Å². The quantitative estimate of drug-likeness (QED) is 0.550. The summed E-state index contributed by atoms with van der Waals surface area (Å²) in [4.78, 5) is 12.0. The Morgan fingerprint density at radius 2 is 1.57 bits per heavy atom. The van der Waals surface area contributed by atoms with Crippen molar-refractivity contribution in [1.29, 1.82) is 0 Å². The first-order valence-electron chi connectivity index (χ1n) is 9.21. The van der Waals surface area contributed by atoms with Crippen LogP contribution in [0.5, 0.6) is 5.75 Å². The monoisotopic (exact) mass is 378 g/mol. The Hall–Kier alpha value is -3.18. The van der Waals surface area contributed by atoms with E-state index in [-0.39, 0.29) is 18.3 Å². The third-order valence-electron chi connectivity index (χ3n) is 4.18. The lowest BCUT2D eigenvalue weighted by Crippen LogP contribution is -2.29. The highest BCUT2D eigenvalue weighted by Crippen LogP contribution is 2.17. The summed E-state index contributed by atoms with van der Waals surface area (Å²) in [5, 5.41) is 5.93. The van der Waals surface area contributed by atoms with E-state index in [0.717, 1.165) is 29.0 Å². The third kappa shape index (κ3) is 6.52. The van der Waals surface area contributed by atoms with E-state index in [2.05, 4.69) is 10.6 Å². The van der Waals surface area contributed by atoms with Crippen LogP contribution in [-0.2, 0) is 17.8 Å². The Labute approximate surface area is 164 Å². The third-order valence-corrected chi connectivity index (χ3v) is 4.18. The summed E-state index contributed by atoms with van der Waals surface area (Å²) in [5.74, 6) is 0.393. The fourth-order valence-electron chi connectivity index (χ4n) is 2.67. The van der Waals surface area contributed by atoms with Crippen molar-refractivity contribution >= 4 is 11.6 Å². The summed E-state index contributed by atoms with van der Waals surface area (Å²) in [6.07, 6.45) is 0.737. The van der Waals surface area contributed by atoms with Gasteiger partial charge in [0.15, 0.2) is 0 Å². The van der Waals surface area contributed by atoms with E-state index in [1.54, 1.807) is 12.1 Å². The second kappa shape index (κ2) is 10.2. The molecule has 0 heterocycles. The molecule has 0 bridgehead atoms. The minimum absolute atomic E-state index is 0.114. The lowest BCUT2D eigenvalue weighted by molar-refractivity contribution is -0.115. The zero-order valence-corrected chi connectivity index (χ0v) is 15.5. The first-order valence-corrected chi connectivity index (χ1v) is 9.21. The molecule has 0 fully saturated rings. The van der Waals surface area contributed by atoms with Crippen LogP contribution in [0, 0.1) is 5.82 Å². The van der Waals surface area contributed by atoms with Crippen LogP contribution in [0.1, 0.15) is 11.1 Å². The van der Waals surface area contributed by atoms with Crippen LogP contribution in [0.4, 0.5) is 10.1 Å². The lowest BCUT2D eigenvalue weighted by atomic mass is 10.1. The van der Waals surface area contributed by atoms with Crippen LogP contribution >= 0.6 is 0 Å². The van der Waals surface area contributed by atoms with Gasteiger partial charge >= 0.3 is 0 Å². The number of halogens is 1. The molecule has 144 valence electrons. The first-order chi connectivity index (χ1) is 13.7. The van der Waals surface area contributed by atoms with Crippen LogP contribution in [0.25, 0.3) is 0 Å². The molecule has 0 aliphatic carbocycles. The molecular weight excluding hydrogens is 355 g/mol. The minimum atomic E-state index is -0.243. The highest BCUT2D eigenvalue weighted by Gasteiger charge is 2.03. The number of amides is 1. The van der Waals surface area contributed by atoms with E-state index in [9.17, 15) is 9.18 Å². The van der Waals surface area contributed by atoms with E-state index in [1.165, 1.54) is 12.1 Å². The van der Waals surface area contributed by atoms with Crippen LogP contribution in [-0.4, -0.2) is 19.0 Å². The normalized spacial score (nSPS) is 10.5. The van der Waals surface area contributed by atoms with Crippen molar-refractivity contribution in [3.8, 4) is 5.75 Å². The Balaban J connectivity index is 1.36. The van der Waals surface area contributed by atoms with Gasteiger partial charge in [-0.05, 0) is 60.5 Å². The molecule has 2 N–H and O–H groups in total. The molecule has 0 aliphatic rings. The van der Waals surface area contributed by atoms with E-state index < -0.39 is 0 Å². The smallest absolute Gasteiger partial charge is 0.238 e. The molecule has 0 saturated heterocycles. The van der Waals surface area contributed by atoms with Crippen molar-refractivity contribution in [2.75, 3.05) is 18.4 Å². The van der Waals surface area contributed by atoms with Crippen LogP contribution in [0.2, 0.25) is 0 Å². The molecule has 5 heteroatoms. The number of carbonyl (C=O) groups excluding carboxylic acids is 1. The molecule has 0 radical (unpaired) electrons. The molecule has 0 spiro atoms. The standard InChI is InChI=1S/C23H23FN2O2/c24-20-8-6-18(7-9-20)14-15-25-16-23(27)26-21-10-12-22(13-11-21)28-17-19-4-2-1-3-5-19/h1-13,25H,14-17H2,(H,26,27). The molecule has 3 rings (SSSR count). The first kappa shape index (κ1) is 19.6. The maximum atomic E-state index is 12.9. The van der Waals surface area contributed by atoms with Gasteiger partial charge in [-0.2, -0.15) is 0 Å². The van der Waals surface area contributed by atoms with E-state index in [4.69, 9.17) is 4.74 Å². The van der Waals surface area contributed by atoms with Gasteiger partial charge in [-0.1, -0.05) is 42.5 Å². The highest BCUT2D eigenvalue weighted by molar-refractivity contribution is 5.92. The SMILES string of the molecule is O=C(CNCCc1ccc(F)cc1)Nc1ccc(OCc2ccccc2)cc1. The number of benzene rings is 3. The van der Waals surface area contributed by atoms with Crippen LogP contribution in [0.3, 0.4) is 0 Å². The fraction of sp³-hybridized carbons (Fsp3) is 0.174. The van der Waals surface area contributed by atoms with Gasteiger partial charge in [-0.25, -0.2) is 4.39 Å². The maximum absolute atomic E-state index is 12.9.